The molecule has 33 heavy (non-hydrogen) atoms. The predicted octanol–water partition coefficient (Wildman–Crippen LogP) is 3.54. The highest BCUT2D eigenvalue weighted by Gasteiger charge is 2.31. The van der Waals surface area contributed by atoms with Crippen molar-refractivity contribution in [3.05, 3.63) is 64.7 Å². The van der Waals surface area contributed by atoms with Gasteiger partial charge in [-0.25, -0.2) is 22.2 Å². The molecule has 2 heterocycles. The Morgan fingerprint density at radius 3 is 2.39 bits per heavy atom. The average molecular weight is 496 g/mol. The van der Waals surface area contributed by atoms with Gasteiger partial charge in [-0.2, -0.15) is 4.31 Å². The lowest BCUT2D eigenvalue weighted by Gasteiger charge is -2.33. The molecular weight excluding hydrogens is 472 g/mol. The molecule has 11 heteroatoms. The summed E-state index contributed by atoms with van der Waals surface area (Å²) in [6, 6.07) is 8.22. The molecule has 1 aliphatic heterocycles. The van der Waals surface area contributed by atoms with Crippen LogP contribution < -0.4 is 14.4 Å². The topological polar surface area (TPSA) is 72.0 Å². The molecule has 7 nitrogen and oxygen atoms in total. The molecule has 1 fully saturated rings. The first kappa shape index (κ1) is 23.4. The predicted molar refractivity (Wildman–Crippen MR) is 122 cm³/mol. The number of halogens is 2. The fraction of sp³-hybridized carbons (Fsp3) is 0.318. The molecule has 0 atom stereocenters. The van der Waals surface area contributed by atoms with Crippen LogP contribution in [0, 0.1) is 11.6 Å². The van der Waals surface area contributed by atoms with Crippen LogP contribution in [0.5, 0.6) is 11.5 Å². The number of hydrogen-bond donors (Lipinski definition) is 0. The average Bonchev–Trinajstić information content (AvgIpc) is 3.27. The van der Waals surface area contributed by atoms with Gasteiger partial charge in [-0.3, -0.25) is 0 Å². The zero-order valence-electron chi connectivity index (χ0n) is 18.1. The number of thiazole rings is 1. The fourth-order valence-electron chi connectivity index (χ4n) is 3.67. The second-order valence-corrected chi connectivity index (χ2v) is 10.2. The minimum atomic E-state index is -4.04. The fourth-order valence-corrected chi connectivity index (χ4v) is 6.01. The molecule has 1 aliphatic rings. The highest BCUT2D eigenvalue weighted by Crippen LogP contribution is 2.30. The molecule has 1 aromatic heterocycles. The minimum Gasteiger partial charge on any atom is -0.493 e. The minimum absolute atomic E-state index is 0.184. The number of sulfonamides is 1. The zero-order chi connectivity index (χ0) is 23.6. The first-order valence-corrected chi connectivity index (χ1v) is 12.5. The molecule has 0 N–H and O–H groups in total. The van der Waals surface area contributed by atoms with Crippen molar-refractivity contribution in [3.63, 3.8) is 0 Å². The summed E-state index contributed by atoms with van der Waals surface area (Å²) in [6.45, 7) is 1.21. The summed E-state index contributed by atoms with van der Waals surface area (Å²) in [5.74, 6) is -0.588. The van der Waals surface area contributed by atoms with E-state index in [0.717, 1.165) is 28.5 Å². The van der Waals surface area contributed by atoms with Crippen LogP contribution in [-0.2, 0) is 16.4 Å². The molecule has 0 radical (unpaired) electrons. The normalized spacial score (nSPS) is 15.0. The van der Waals surface area contributed by atoms with Crippen LogP contribution >= 0.6 is 11.3 Å². The molecule has 0 unspecified atom stereocenters. The molecule has 4 rings (SSSR count). The van der Waals surface area contributed by atoms with Gasteiger partial charge in [-0.15, -0.1) is 11.3 Å². The number of anilines is 1. The summed E-state index contributed by atoms with van der Waals surface area (Å²) in [4.78, 5) is 6.20. The standard InChI is InChI=1S/C22H23F2N3O4S2/c1-30-19-5-3-15(12-20(19)31-2)11-17-14-32-22(25-17)26-7-9-27(10-8-26)33(28,29)21-6-4-16(23)13-18(21)24/h3-6,12-14H,7-11H2,1-2H3. The van der Waals surface area contributed by atoms with Gasteiger partial charge in [0, 0.05) is 44.0 Å². The van der Waals surface area contributed by atoms with Crippen LogP contribution in [0.15, 0.2) is 46.7 Å². The highest BCUT2D eigenvalue weighted by atomic mass is 32.2. The van der Waals surface area contributed by atoms with Crippen molar-refractivity contribution in [3.8, 4) is 11.5 Å². The van der Waals surface area contributed by atoms with Gasteiger partial charge in [0.25, 0.3) is 0 Å². The van der Waals surface area contributed by atoms with E-state index in [1.807, 2.05) is 28.5 Å². The third kappa shape index (κ3) is 4.94. The van der Waals surface area contributed by atoms with E-state index in [2.05, 4.69) is 0 Å². The number of ether oxygens (including phenoxy) is 2. The molecule has 1 saturated heterocycles. The molecule has 0 amide bonds. The quantitative estimate of drug-likeness (QED) is 0.499. The molecule has 0 saturated carbocycles. The van der Waals surface area contributed by atoms with E-state index in [-0.39, 0.29) is 13.1 Å². The van der Waals surface area contributed by atoms with Crippen molar-refractivity contribution in [1.82, 2.24) is 9.29 Å². The van der Waals surface area contributed by atoms with Gasteiger partial charge in [0.2, 0.25) is 10.0 Å². The van der Waals surface area contributed by atoms with Crippen molar-refractivity contribution >= 4 is 26.5 Å². The van der Waals surface area contributed by atoms with Crippen molar-refractivity contribution in [2.75, 3.05) is 45.3 Å². The second-order valence-electron chi connectivity index (χ2n) is 7.45. The monoisotopic (exact) mass is 495 g/mol. The van der Waals surface area contributed by atoms with E-state index in [4.69, 9.17) is 14.5 Å². The van der Waals surface area contributed by atoms with E-state index >= 15 is 0 Å². The van der Waals surface area contributed by atoms with E-state index in [0.29, 0.717) is 37.1 Å². The molecule has 2 aromatic carbocycles. The van der Waals surface area contributed by atoms with Gasteiger partial charge in [-0.05, 0) is 29.8 Å². The number of benzene rings is 2. The summed E-state index contributed by atoms with van der Waals surface area (Å²) in [6.07, 6.45) is 0.620. The van der Waals surface area contributed by atoms with Crippen molar-refractivity contribution < 1.29 is 26.7 Å². The lowest BCUT2D eigenvalue weighted by Crippen LogP contribution is -2.48. The summed E-state index contributed by atoms with van der Waals surface area (Å²) in [5.41, 5.74) is 1.92. The molecular formula is C22H23F2N3O4S2. The third-order valence-electron chi connectivity index (χ3n) is 5.39. The van der Waals surface area contributed by atoms with E-state index < -0.39 is 26.6 Å². The first-order valence-electron chi connectivity index (χ1n) is 10.2. The maximum Gasteiger partial charge on any atom is 0.246 e. The number of methoxy groups -OCH3 is 2. The molecule has 176 valence electrons. The van der Waals surface area contributed by atoms with Crippen LogP contribution in [0.3, 0.4) is 0 Å². The largest absolute Gasteiger partial charge is 0.493 e. The maximum atomic E-state index is 14.0. The lowest BCUT2D eigenvalue weighted by atomic mass is 10.1. The second kappa shape index (κ2) is 9.62. The Morgan fingerprint density at radius 1 is 1.00 bits per heavy atom. The Kier molecular flexibility index (Phi) is 6.82. The van der Waals surface area contributed by atoms with Gasteiger partial charge < -0.3 is 14.4 Å². The Bertz CT molecular complexity index is 1240. The van der Waals surface area contributed by atoms with Crippen LogP contribution in [-0.4, -0.2) is 58.1 Å². The molecule has 0 spiro atoms. The number of aromatic nitrogens is 1. The van der Waals surface area contributed by atoms with Crippen molar-refractivity contribution in [2.24, 2.45) is 0 Å². The van der Waals surface area contributed by atoms with Crippen LogP contribution in [0.25, 0.3) is 0 Å². The molecule has 3 aromatic rings. The van der Waals surface area contributed by atoms with Gasteiger partial charge in [0.05, 0.1) is 19.9 Å². The first-order chi connectivity index (χ1) is 15.8. The highest BCUT2D eigenvalue weighted by molar-refractivity contribution is 7.89. The summed E-state index contributed by atoms with van der Waals surface area (Å²) >= 11 is 1.49. The summed E-state index contributed by atoms with van der Waals surface area (Å²) in [5, 5.41) is 2.78. The summed E-state index contributed by atoms with van der Waals surface area (Å²) in [7, 11) is -0.858. The van der Waals surface area contributed by atoms with E-state index in [1.54, 1.807) is 14.2 Å². The van der Waals surface area contributed by atoms with Crippen molar-refractivity contribution in [1.29, 1.82) is 0 Å². The summed E-state index contributed by atoms with van der Waals surface area (Å²) < 4.78 is 64.6. The third-order valence-corrected chi connectivity index (χ3v) is 8.28. The van der Waals surface area contributed by atoms with Crippen molar-refractivity contribution in [2.45, 2.75) is 11.3 Å². The van der Waals surface area contributed by atoms with Gasteiger partial charge in [0.1, 0.15) is 16.5 Å². The van der Waals surface area contributed by atoms with Gasteiger partial charge in [0.15, 0.2) is 16.6 Å². The molecule has 0 bridgehead atoms. The smallest absolute Gasteiger partial charge is 0.246 e. The number of nitrogens with zero attached hydrogens (tertiary/aromatic N) is 3. The lowest BCUT2D eigenvalue weighted by molar-refractivity contribution is 0.354. The SMILES string of the molecule is COc1ccc(Cc2csc(N3CCN(S(=O)(=O)c4ccc(F)cc4F)CC3)n2)cc1OC. The van der Waals surface area contributed by atoms with Gasteiger partial charge in [-0.1, -0.05) is 6.07 Å². The maximum absolute atomic E-state index is 14.0. The number of hydrogen-bond acceptors (Lipinski definition) is 7. The van der Waals surface area contributed by atoms with E-state index in [1.165, 1.54) is 15.6 Å². The Morgan fingerprint density at radius 2 is 1.73 bits per heavy atom. The Labute approximate surface area is 195 Å². The van der Waals surface area contributed by atoms with Crippen LogP contribution in [0.2, 0.25) is 0 Å². The number of piperazine rings is 1. The Balaban J connectivity index is 1.41. The Hall–Kier alpha value is -2.76. The van der Waals surface area contributed by atoms with Gasteiger partial charge >= 0.3 is 0 Å². The molecule has 0 aliphatic carbocycles. The van der Waals surface area contributed by atoms with Crippen LogP contribution in [0.1, 0.15) is 11.3 Å². The van der Waals surface area contributed by atoms with Crippen LogP contribution in [0.4, 0.5) is 13.9 Å². The van der Waals surface area contributed by atoms with E-state index in [9.17, 15) is 17.2 Å². The zero-order valence-corrected chi connectivity index (χ0v) is 19.8. The number of rotatable bonds is 7.